The molecule has 0 spiro atoms. The lowest BCUT2D eigenvalue weighted by Gasteiger charge is -2.10. The van der Waals surface area contributed by atoms with Crippen molar-refractivity contribution in [1.82, 2.24) is 0 Å². The summed E-state index contributed by atoms with van der Waals surface area (Å²) in [5.74, 6) is 0. The first-order valence-electron chi connectivity index (χ1n) is 7.42. The van der Waals surface area contributed by atoms with E-state index < -0.39 is 0 Å². The van der Waals surface area contributed by atoms with Gasteiger partial charge in [-0.3, -0.25) is 0 Å². The molecule has 103 valence electrons. The van der Waals surface area contributed by atoms with Gasteiger partial charge in [-0.15, -0.1) is 0 Å². The number of unbranched alkanes of at least 4 members (excludes halogenated alkanes) is 6. The molecule has 1 radical (unpaired) electrons. The minimum Gasteiger partial charge on any atom is -0.211 e. The van der Waals surface area contributed by atoms with E-state index in [9.17, 15) is 4.79 Å². The standard InChI is InChI=1S/C17H24NO/c1-2-3-4-5-6-7-11-14-17(18-15-19)16-12-9-8-10-13-16/h8-10,12,17H,2-7,11,14H2,1H3. The number of hydrogen-bond donors (Lipinski definition) is 0. The van der Waals surface area contributed by atoms with E-state index in [2.05, 4.69) is 18.0 Å². The molecule has 0 aliphatic rings. The lowest BCUT2D eigenvalue weighted by Crippen LogP contribution is -1.95. The van der Waals surface area contributed by atoms with Crippen LogP contribution in [0.2, 0.25) is 0 Å². The second-order valence-electron chi connectivity index (χ2n) is 4.96. The van der Waals surface area contributed by atoms with Gasteiger partial charge in [0.25, 0.3) is 0 Å². The monoisotopic (exact) mass is 258 g/mol. The third-order valence-corrected chi connectivity index (χ3v) is 3.38. The van der Waals surface area contributed by atoms with Crippen LogP contribution in [0, 0.1) is 6.07 Å². The molecule has 0 saturated heterocycles. The SMILES string of the molecule is CCCCCCCCCC(N=C=O)c1[c]cccc1. The van der Waals surface area contributed by atoms with Crippen LogP contribution in [0.3, 0.4) is 0 Å². The number of carbonyl (C=O) groups excluding carboxylic acids is 1. The summed E-state index contributed by atoms with van der Waals surface area (Å²) in [6.07, 6.45) is 11.5. The van der Waals surface area contributed by atoms with E-state index in [0.717, 1.165) is 18.4 Å². The van der Waals surface area contributed by atoms with Gasteiger partial charge < -0.3 is 0 Å². The van der Waals surface area contributed by atoms with Crippen molar-refractivity contribution in [3.63, 3.8) is 0 Å². The largest absolute Gasteiger partial charge is 0.235 e. The zero-order valence-electron chi connectivity index (χ0n) is 11.9. The Balaban J connectivity index is 2.26. The van der Waals surface area contributed by atoms with Crippen molar-refractivity contribution in [2.45, 2.75) is 64.3 Å². The number of rotatable bonds is 10. The number of hydrogen-bond acceptors (Lipinski definition) is 2. The van der Waals surface area contributed by atoms with Crippen LogP contribution >= 0.6 is 0 Å². The highest BCUT2D eigenvalue weighted by Gasteiger charge is 2.09. The number of aliphatic imine (C=N–C) groups is 1. The van der Waals surface area contributed by atoms with Gasteiger partial charge in [0.05, 0.1) is 6.04 Å². The molecule has 0 amide bonds. The summed E-state index contributed by atoms with van der Waals surface area (Å²) in [5.41, 5.74) is 0.997. The molecule has 1 rings (SSSR count). The Kier molecular flexibility index (Phi) is 8.67. The number of benzene rings is 1. The van der Waals surface area contributed by atoms with Crippen LogP contribution in [0.1, 0.15) is 69.9 Å². The molecule has 1 aromatic carbocycles. The molecule has 1 atom stereocenters. The van der Waals surface area contributed by atoms with Gasteiger partial charge in [0.2, 0.25) is 6.08 Å². The molecule has 0 saturated carbocycles. The molecule has 0 aliphatic heterocycles. The summed E-state index contributed by atoms with van der Waals surface area (Å²) in [6.45, 7) is 2.23. The summed E-state index contributed by atoms with van der Waals surface area (Å²) >= 11 is 0. The molecule has 0 bridgehead atoms. The van der Waals surface area contributed by atoms with Crippen molar-refractivity contribution in [3.8, 4) is 0 Å². The number of nitrogens with zero attached hydrogens (tertiary/aromatic N) is 1. The summed E-state index contributed by atoms with van der Waals surface area (Å²) < 4.78 is 0. The predicted octanol–water partition coefficient (Wildman–Crippen LogP) is 5.00. The van der Waals surface area contributed by atoms with Crippen molar-refractivity contribution >= 4 is 6.08 Å². The van der Waals surface area contributed by atoms with Crippen LogP contribution in [-0.4, -0.2) is 6.08 Å². The topological polar surface area (TPSA) is 29.4 Å². The van der Waals surface area contributed by atoms with Crippen molar-refractivity contribution < 1.29 is 4.79 Å². The van der Waals surface area contributed by atoms with E-state index in [4.69, 9.17) is 0 Å². The van der Waals surface area contributed by atoms with Gasteiger partial charge in [0.15, 0.2) is 0 Å². The average Bonchev–Trinajstić information content (AvgIpc) is 2.46. The average molecular weight is 258 g/mol. The zero-order chi connectivity index (χ0) is 13.8. The van der Waals surface area contributed by atoms with Crippen molar-refractivity contribution in [2.75, 3.05) is 0 Å². The Labute approximate surface area is 117 Å². The van der Waals surface area contributed by atoms with Crippen LogP contribution in [0.15, 0.2) is 29.3 Å². The highest BCUT2D eigenvalue weighted by atomic mass is 16.1. The fourth-order valence-electron chi connectivity index (χ4n) is 2.26. The van der Waals surface area contributed by atoms with E-state index >= 15 is 0 Å². The van der Waals surface area contributed by atoms with E-state index in [0.29, 0.717) is 0 Å². The lowest BCUT2D eigenvalue weighted by atomic mass is 10.00. The smallest absolute Gasteiger partial charge is 0.211 e. The maximum absolute atomic E-state index is 10.5. The quantitative estimate of drug-likeness (QED) is 0.330. The van der Waals surface area contributed by atoms with Gasteiger partial charge >= 0.3 is 0 Å². The van der Waals surface area contributed by atoms with Gasteiger partial charge in [0, 0.05) is 0 Å². The van der Waals surface area contributed by atoms with Crippen LogP contribution in [0.25, 0.3) is 0 Å². The maximum atomic E-state index is 10.5. The molecule has 0 N–H and O–H groups in total. The molecule has 0 heterocycles. The first-order valence-corrected chi connectivity index (χ1v) is 7.42. The molecule has 0 aromatic heterocycles. The molecule has 2 heteroatoms. The Morgan fingerprint density at radius 1 is 1.16 bits per heavy atom. The number of isocyanates is 1. The fourth-order valence-corrected chi connectivity index (χ4v) is 2.26. The molecule has 1 aromatic rings. The van der Waals surface area contributed by atoms with Crippen molar-refractivity contribution in [1.29, 1.82) is 0 Å². The Hall–Kier alpha value is -1.40. The molecular weight excluding hydrogens is 234 g/mol. The minimum atomic E-state index is -0.0608. The highest BCUT2D eigenvalue weighted by molar-refractivity contribution is 5.35. The first-order chi connectivity index (χ1) is 9.38. The maximum Gasteiger partial charge on any atom is 0.235 e. The molecule has 19 heavy (non-hydrogen) atoms. The van der Waals surface area contributed by atoms with Crippen molar-refractivity contribution in [3.05, 3.63) is 35.9 Å². The summed E-state index contributed by atoms with van der Waals surface area (Å²) in [5, 5.41) is 0. The van der Waals surface area contributed by atoms with Gasteiger partial charge in [-0.05, 0) is 18.1 Å². The van der Waals surface area contributed by atoms with Crippen LogP contribution < -0.4 is 0 Å². The van der Waals surface area contributed by atoms with Crippen LogP contribution in [0.4, 0.5) is 0 Å². The molecule has 1 unspecified atom stereocenters. The zero-order valence-corrected chi connectivity index (χ0v) is 11.9. The third kappa shape index (κ3) is 6.93. The fraction of sp³-hybridized carbons (Fsp3) is 0.588. The minimum absolute atomic E-state index is 0.0608. The van der Waals surface area contributed by atoms with Gasteiger partial charge in [-0.2, -0.15) is 4.99 Å². The highest BCUT2D eigenvalue weighted by Crippen LogP contribution is 2.23. The Bertz CT molecular complexity index is 368. The Morgan fingerprint density at radius 2 is 1.89 bits per heavy atom. The second kappa shape index (κ2) is 10.5. The van der Waals surface area contributed by atoms with Crippen LogP contribution in [-0.2, 0) is 4.79 Å². The first kappa shape index (κ1) is 15.7. The van der Waals surface area contributed by atoms with Crippen LogP contribution in [0.5, 0.6) is 0 Å². The second-order valence-corrected chi connectivity index (χ2v) is 4.96. The van der Waals surface area contributed by atoms with E-state index in [1.165, 1.54) is 38.5 Å². The Morgan fingerprint density at radius 3 is 2.53 bits per heavy atom. The van der Waals surface area contributed by atoms with E-state index in [1.54, 1.807) is 6.08 Å². The molecule has 0 fully saturated rings. The summed E-state index contributed by atoms with van der Waals surface area (Å²) in [4.78, 5) is 14.4. The van der Waals surface area contributed by atoms with Gasteiger partial charge in [-0.1, -0.05) is 76.1 Å². The normalized spacial score (nSPS) is 11.8. The molecule has 2 nitrogen and oxygen atoms in total. The predicted molar refractivity (Wildman–Crippen MR) is 78.8 cm³/mol. The van der Waals surface area contributed by atoms with Gasteiger partial charge in [-0.25, -0.2) is 4.79 Å². The molecule has 0 aliphatic carbocycles. The van der Waals surface area contributed by atoms with E-state index in [-0.39, 0.29) is 6.04 Å². The third-order valence-electron chi connectivity index (χ3n) is 3.38. The summed E-state index contributed by atoms with van der Waals surface area (Å²) in [7, 11) is 0. The molecular formula is C17H24NO. The van der Waals surface area contributed by atoms with Crippen molar-refractivity contribution in [2.24, 2.45) is 4.99 Å². The lowest BCUT2D eigenvalue weighted by molar-refractivity contribution is 0.529. The van der Waals surface area contributed by atoms with E-state index in [1.807, 2.05) is 24.3 Å². The van der Waals surface area contributed by atoms with Gasteiger partial charge in [0.1, 0.15) is 0 Å². The summed E-state index contributed by atoms with van der Waals surface area (Å²) in [6, 6.07) is 10.8.